The minimum absolute atomic E-state index is 0.607. The zero-order valence-electron chi connectivity index (χ0n) is 9.13. The van der Waals surface area contributed by atoms with E-state index < -0.39 is 10.8 Å². The monoisotopic (exact) mass is 215 g/mol. The second-order valence-corrected chi connectivity index (χ2v) is 4.99. The van der Waals surface area contributed by atoms with E-state index in [1.807, 2.05) is 0 Å². The molecule has 0 rings (SSSR count). The summed E-state index contributed by atoms with van der Waals surface area (Å²) in [6, 6.07) is 0. The van der Waals surface area contributed by atoms with Crippen LogP contribution in [0.5, 0.6) is 0 Å². The quantitative estimate of drug-likeness (QED) is 0.429. The molecule has 0 fully saturated rings. The Hall–Kier alpha value is -0.400. The van der Waals surface area contributed by atoms with Crippen LogP contribution in [0.1, 0.15) is 38.5 Å². The van der Waals surface area contributed by atoms with Gasteiger partial charge in [-0.2, -0.15) is 0 Å². The van der Waals surface area contributed by atoms with Crippen molar-refractivity contribution >= 4 is 16.7 Å². The third-order valence-corrected chi connectivity index (χ3v) is 2.93. The molecule has 2 nitrogen and oxygen atoms in total. The van der Waals surface area contributed by atoms with E-state index in [-0.39, 0.29) is 0 Å². The lowest BCUT2D eigenvalue weighted by atomic mass is 10.1. The summed E-state index contributed by atoms with van der Waals surface area (Å²) in [5.74, 6) is 3.39. The van der Waals surface area contributed by atoms with Gasteiger partial charge in [0.1, 0.15) is 0 Å². The molecule has 0 radical (unpaired) electrons. The lowest BCUT2D eigenvalue weighted by molar-refractivity contribution is 0.611. The topological polar surface area (TPSA) is 29.4 Å². The smallest absolute Gasteiger partial charge is 0.0483 e. The van der Waals surface area contributed by atoms with Crippen molar-refractivity contribution in [1.82, 2.24) is 0 Å². The zero-order chi connectivity index (χ0) is 10.6. The summed E-state index contributed by atoms with van der Waals surface area (Å²) in [5.41, 5.74) is 0. The highest BCUT2D eigenvalue weighted by atomic mass is 32.2. The van der Waals surface area contributed by atoms with Crippen LogP contribution in [0.3, 0.4) is 0 Å². The first-order valence-corrected chi connectivity index (χ1v) is 6.98. The van der Waals surface area contributed by atoms with Crippen LogP contribution in [0.15, 0.2) is 11.6 Å². The summed E-state index contributed by atoms with van der Waals surface area (Å²) in [6.45, 7) is 4.28. The molecule has 0 bridgehead atoms. The summed E-state index contributed by atoms with van der Waals surface area (Å²) < 4.78 is 10.7. The van der Waals surface area contributed by atoms with Gasteiger partial charge < -0.3 is 0 Å². The van der Waals surface area contributed by atoms with Crippen LogP contribution in [0.4, 0.5) is 0 Å². The minimum Gasteiger partial charge on any atom is -0.260 e. The third-order valence-electron chi connectivity index (χ3n) is 2.06. The van der Waals surface area contributed by atoms with Crippen molar-refractivity contribution in [1.29, 1.82) is 0 Å². The van der Waals surface area contributed by atoms with Gasteiger partial charge in [-0.05, 0) is 25.3 Å². The number of nitrogens with zero attached hydrogens (tertiary/aromatic N) is 1. The van der Waals surface area contributed by atoms with E-state index in [2.05, 4.69) is 17.4 Å². The highest BCUT2D eigenvalue weighted by Crippen LogP contribution is 2.05. The van der Waals surface area contributed by atoms with Crippen molar-refractivity contribution < 1.29 is 4.21 Å². The molecule has 0 aromatic rings. The van der Waals surface area contributed by atoms with Gasteiger partial charge in [-0.3, -0.25) is 4.21 Å². The van der Waals surface area contributed by atoms with Crippen molar-refractivity contribution in [2.24, 2.45) is 4.99 Å². The predicted octanol–water partition coefficient (Wildman–Crippen LogP) is 2.56. The highest BCUT2D eigenvalue weighted by molar-refractivity contribution is 7.84. The van der Waals surface area contributed by atoms with Crippen LogP contribution >= 0.6 is 0 Å². The number of aliphatic imine (C=N–C) groups is 1. The average Bonchev–Trinajstić information content (AvgIpc) is 2.15. The fourth-order valence-electron chi connectivity index (χ4n) is 1.28. The first kappa shape index (κ1) is 13.6. The van der Waals surface area contributed by atoms with E-state index in [0.29, 0.717) is 0 Å². The van der Waals surface area contributed by atoms with Gasteiger partial charge >= 0.3 is 0 Å². The standard InChI is InChI=1S/C11H21NOS/c1-3-12-10-8-6-4-5-7-9-11-14(2)13/h1,4-11H2,2H3/t14-/m1/s1. The van der Waals surface area contributed by atoms with Crippen LogP contribution in [0.25, 0.3) is 0 Å². The van der Waals surface area contributed by atoms with Gasteiger partial charge in [-0.25, -0.2) is 4.99 Å². The van der Waals surface area contributed by atoms with Crippen molar-refractivity contribution in [3.8, 4) is 0 Å². The third kappa shape index (κ3) is 11.6. The molecule has 0 saturated heterocycles. The first-order chi connectivity index (χ1) is 6.77. The van der Waals surface area contributed by atoms with E-state index in [4.69, 9.17) is 0 Å². The number of hydrogen-bond donors (Lipinski definition) is 0. The SMILES string of the molecule is C=C=NCCCCCCCC[S@@](C)=O. The summed E-state index contributed by atoms with van der Waals surface area (Å²) in [5, 5.41) is 0. The fourth-order valence-corrected chi connectivity index (χ4v) is 1.89. The summed E-state index contributed by atoms with van der Waals surface area (Å²) in [6.07, 6.45) is 8.99. The molecule has 0 unspecified atom stereocenters. The van der Waals surface area contributed by atoms with Gasteiger partial charge in [0.25, 0.3) is 0 Å². The summed E-state index contributed by atoms with van der Waals surface area (Å²) in [4.78, 5) is 3.93. The van der Waals surface area contributed by atoms with E-state index in [9.17, 15) is 4.21 Å². The Labute approximate surface area is 90.0 Å². The molecular weight excluding hydrogens is 194 g/mol. The normalized spacial score (nSPS) is 12.1. The van der Waals surface area contributed by atoms with Gasteiger partial charge in [0.15, 0.2) is 0 Å². The van der Waals surface area contributed by atoms with E-state index >= 15 is 0 Å². The van der Waals surface area contributed by atoms with Crippen LogP contribution in [0, 0.1) is 0 Å². The molecule has 14 heavy (non-hydrogen) atoms. The second-order valence-electron chi connectivity index (χ2n) is 3.44. The maximum atomic E-state index is 10.7. The Balaban J connectivity index is 2.99. The molecule has 0 aliphatic carbocycles. The van der Waals surface area contributed by atoms with E-state index in [0.717, 1.165) is 25.1 Å². The molecule has 3 heteroatoms. The van der Waals surface area contributed by atoms with Crippen molar-refractivity contribution in [2.75, 3.05) is 18.6 Å². The molecule has 0 aliphatic heterocycles. The largest absolute Gasteiger partial charge is 0.260 e. The van der Waals surface area contributed by atoms with Crippen molar-refractivity contribution in [3.05, 3.63) is 6.58 Å². The van der Waals surface area contributed by atoms with Gasteiger partial charge in [0, 0.05) is 29.4 Å². The maximum Gasteiger partial charge on any atom is 0.0483 e. The van der Waals surface area contributed by atoms with Crippen molar-refractivity contribution in [2.45, 2.75) is 38.5 Å². The molecular formula is C11H21NOS. The minimum atomic E-state index is -0.607. The molecule has 0 N–H and O–H groups in total. The molecule has 0 aromatic heterocycles. The number of hydrogen-bond acceptors (Lipinski definition) is 2. The predicted molar refractivity (Wildman–Crippen MR) is 64.6 cm³/mol. The van der Waals surface area contributed by atoms with E-state index in [1.165, 1.54) is 25.7 Å². The number of unbranched alkanes of at least 4 members (excludes halogenated alkanes) is 5. The van der Waals surface area contributed by atoms with Crippen LogP contribution < -0.4 is 0 Å². The maximum absolute atomic E-state index is 10.7. The molecule has 82 valence electrons. The van der Waals surface area contributed by atoms with Gasteiger partial charge in [-0.1, -0.05) is 25.7 Å². The Morgan fingerprint density at radius 1 is 1.14 bits per heavy atom. The molecule has 0 saturated carbocycles. The Morgan fingerprint density at radius 3 is 2.29 bits per heavy atom. The summed E-state index contributed by atoms with van der Waals surface area (Å²) >= 11 is 0. The Kier molecular flexibility index (Phi) is 10.4. The van der Waals surface area contributed by atoms with Crippen LogP contribution in [-0.2, 0) is 10.8 Å². The van der Waals surface area contributed by atoms with Crippen molar-refractivity contribution in [3.63, 3.8) is 0 Å². The van der Waals surface area contributed by atoms with Gasteiger partial charge in [0.2, 0.25) is 0 Å². The Morgan fingerprint density at radius 2 is 1.71 bits per heavy atom. The highest BCUT2D eigenvalue weighted by Gasteiger charge is 1.93. The van der Waals surface area contributed by atoms with Gasteiger partial charge in [-0.15, -0.1) is 0 Å². The zero-order valence-corrected chi connectivity index (χ0v) is 9.94. The molecule has 0 aliphatic rings. The molecule has 0 heterocycles. The second kappa shape index (κ2) is 10.7. The average molecular weight is 215 g/mol. The fraction of sp³-hybridized carbons (Fsp3) is 0.818. The Bertz CT molecular complexity index is 189. The van der Waals surface area contributed by atoms with E-state index in [1.54, 1.807) is 6.26 Å². The molecule has 0 aromatic carbocycles. The molecule has 0 amide bonds. The lowest BCUT2D eigenvalue weighted by Gasteiger charge is -1.99. The summed E-state index contributed by atoms with van der Waals surface area (Å²) in [7, 11) is -0.607. The molecule has 0 spiro atoms. The first-order valence-electron chi connectivity index (χ1n) is 5.26. The number of rotatable bonds is 9. The van der Waals surface area contributed by atoms with Gasteiger partial charge in [0.05, 0.1) is 0 Å². The molecule has 1 atom stereocenters. The van der Waals surface area contributed by atoms with Crippen LogP contribution in [0.2, 0.25) is 0 Å². The van der Waals surface area contributed by atoms with Crippen LogP contribution in [-0.4, -0.2) is 28.6 Å². The lowest BCUT2D eigenvalue weighted by Crippen LogP contribution is -1.93.